The fourth-order valence-corrected chi connectivity index (χ4v) is 0.694. The van der Waals surface area contributed by atoms with Crippen molar-refractivity contribution in [3.05, 3.63) is 23.8 Å². The first-order chi connectivity index (χ1) is 4.66. The van der Waals surface area contributed by atoms with Gasteiger partial charge in [-0.25, -0.2) is 0 Å². The number of hydrogen-bond acceptors (Lipinski definition) is 1. The third-order valence-corrected chi connectivity index (χ3v) is 1.19. The van der Waals surface area contributed by atoms with Crippen molar-refractivity contribution >= 4 is 0 Å². The molecular weight excluding hydrogens is 122 g/mol. The van der Waals surface area contributed by atoms with Gasteiger partial charge in [0.05, 0.1) is 0 Å². The zero-order valence-electron chi connectivity index (χ0n) is 7.09. The maximum Gasteiger partial charge on any atom is 0.0197 e. The van der Waals surface area contributed by atoms with Gasteiger partial charge in [0, 0.05) is 6.04 Å². The predicted molar refractivity (Wildman–Crippen MR) is 46.8 cm³/mol. The predicted octanol–water partition coefficient (Wildman–Crippen LogP) is 2.25. The summed E-state index contributed by atoms with van der Waals surface area (Å²) in [6.07, 6.45) is 7.34. The largest absolute Gasteiger partial charge is 0.325 e. The van der Waals surface area contributed by atoms with Crippen LogP contribution in [0.3, 0.4) is 0 Å². The van der Waals surface area contributed by atoms with Crippen LogP contribution >= 0.6 is 0 Å². The summed E-state index contributed by atoms with van der Waals surface area (Å²) in [7, 11) is 0. The van der Waals surface area contributed by atoms with E-state index in [9.17, 15) is 0 Å². The lowest BCUT2D eigenvalue weighted by Crippen LogP contribution is -2.10. The van der Waals surface area contributed by atoms with E-state index < -0.39 is 0 Å². The van der Waals surface area contributed by atoms with E-state index in [1.165, 1.54) is 5.57 Å². The van der Waals surface area contributed by atoms with Crippen LogP contribution in [0.4, 0.5) is 0 Å². The number of hydrogen-bond donors (Lipinski definition) is 1. The SMILES string of the molecule is CCC=C(C)C=CC(C)N. The van der Waals surface area contributed by atoms with Gasteiger partial charge < -0.3 is 5.73 Å². The molecule has 10 heavy (non-hydrogen) atoms. The van der Waals surface area contributed by atoms with Gasteiger partial charge in [-0.2, -0.15) is 0 Å². The molecule has 0 aromatic carbocycles. The summed E-state index contributed by atoms with van der Waals surface area (Å²) in [5.41, 5.74) is 6.81. The van der Waals surface area contributed by atoms with E-state index in [0.29, 0.717) is 0 Å². The van der Waals surface area contributed by atoms with Crippen LogP contribution in [-0.4, -0.2) is 6.04 Å². The minimum atomic E-state index is 0.167. The maximum absolute atomic E-state index is 5.52. The fourth-order valence-electron chi connectivity index (χ4n) is 0.694. The molecule has 58 valence electrons. The Bertz CT molecular complexity index is 132. The van der Waals surface area contributed by atoms with E-state index in [1.54, 1.807) is 0 Å². The van der Waals surface area contributed by atoms with Crippen LogP contribution in [0.5, 0.6) is 0 Å². The smallest absolute Gasteiger partial charge is 0.0197 e. The molecule has 0 heterocycles. The molecule has 1 nitrogen and oxygen atoms in total. The molecule has 0 spiro atoms. The Morgan fingerprint density at radius 2 is 2.20 bits per heavy atom. The Morgan fingerprint density at radius 3 is 2.60 bits per heavy atom. The van der Waals surface area contributed by atoms with E-state index in [4.69, 9.17) is 5.73 Å². The van der Waals surface area contributed by atoms with Crippen molar-refractivity contribution in [2.75, 3.05) is 0 Å². The molecule has 1 heteroatoms. The van der Waals surface area contributed by atoms with Crippen LogP contribution < -0.4 is 5.73 Å². The van der Waals surface area contributed by atoms with E-state index >= 15 is 0 Å². The van der Waals surface area contributed by atoms with Crippen LogP contribution in [0.1, 0.15) is 27.2 Å². The van der Waals surface area contributed by atoms with Crippen LogP contribution in [0.15, 0.2) is 23.8 Å². The lowest BCUT2D eigenvalue weighted by atomic mass is 10.2. The second-order valence-electron chi connectivity index (χ2n) is 2.57. The molecule has 0 saturated heterocycles. The molecule has 0 amide bonds. The monoisotopic (exact) mass is 139 g/mol. The molecule has 1 unspecified atom stereocenters. The molecule has 0 aliphatic rings. The fraction of sp³-hybridized carbons (Fsp3) is 0.556. The Kier molecular flexibility index (Phi) is 4.95. The summed E-state index contributed by atoms with van der Waals surface area (Å²) in [6, 6.07) is 0.167. The van der Waals surface area contributed by atoms with Crippen LogP contribution in [0.25, 0.3) is 0 Å². The van der Waals surface area contributed by atoms with Gasteiger partial charge in [0.2, 0.25) is 0 Å². The van der Waals surface area contributed by atoms with E-state index in [-0.39, 0.29) is 6.04 Å². The average Bonchev–Trinajstić information content (AvgIpc) is 1.85. The number of allylic oxidation sites excluding steroid dienone is 3. The summed E-state index contributed by atoms with van der Waals surface area (Å²) in [5.74, 6) is 0. The van der Waals surface area contributed by atoms with Crippen molar-refractivity contribution < 1.29 is 0 Å². The van der Waals surface area contributed by atoms with Gasteiger partial charge in [-0.05, 0) is 20.3 Å². The van der Waals surface area contributed by atoms with Crippen LogP contribution in [-0.2, 0) is 0 Å². The third kappa shape index (κ3) is 5.57. The Labute approximate surface area is 63.6 Å². The van der Waals surface area contributed by atoms with E-state index in [0.717, 1.165) is 6.42 Å². The second-order valence-corrected chi connectivity index (χ2v) is 2.57. The van der Waals surface area contributed by atoms with Crippen LogP contribution in [0, 0.1) is 0 Å². The lowest BCUT2D eigenvalue weighted by Gasteiger charge is -1.94. The Morgan fingerprint density at radius 1 is 1.60 bits per heavy atom. The minimum Gasteiger partial charge on any atom is -0.325 e. The van der Waals surface area contributed by atoms with Crippen molar-refractivity contribution in [2.24, 2.45) is 5.73 Å². The molecule has 1 atom stereocenters. The van der Waals surface area contributed by atoms with Crippen LogP contribution in [0.2, 0.25) is 0 Å². The Hall–Kier alpha value is -0.560. The van der Waals surface area contributed by atoms with Gasteiger partial charge in [0.15, 0.2) is 0 Å². The van der Waals surface area contributed by atoms with Gasteiger partial charge in [-0.1, -0.05) is 30.7 Å². The molecule has 0 aliphatic heterocycles. The molecule has 0 aromatic rings. The molecule has 0 radical (unpaired) electrons. The first-order valence-electron chi connectivity index (χ1n) is 3.77. The molecule has 0 aliphatic carbocycles. The summed E-state index contributed by atoms with van der Waals surface area (Å²) in [6.45, 7) is 6.18. The average molecular weight is 139 g/mol. The molecule has 0 rings (SSSR count). The molecule has 2 N–H and O–H groups in total. The molecule has 0 aromatic heterocycles. The third-order valence-electron chi connectivity index (χ3n) is 1.19. The normalized spacial score (nSPS) is 16.2. The highest BCUT2D eigenvalue weighted by molar-refractivity contribution is 5.16. The first kappa shape index (κ1) is 9.44. The van der Waals surface area contributed by atoms with Crippen molar-refractivity contribution in [2.45, 2.75) is 33.2 Å². The van der Waals surface area contributed by atoms with Crippen molar-refractivity contribution in [1.82, 2.24) is 0 Å². The van der Waals surface area contributed by atoms with Gasteiger partial charge in [-0.15, -0.1) is 0 Å². The molecule has 0 bridgehead atoms. The number of nitrogens with two attached hydrogens (primary N) is 1. The van der Waals surface area contributed by atoms with Crippen molar-refractivity contribution in [1.29, 1.82) is 0 Å². The lowest BCUT2D eigenvalue weighted by molar-refractivity contribution is 0.924. The summed E-state index contributed by atoms with van der Waals surface area (Å²) < 4.78 is 0. The Balaban J connectivity index is 3.77. The topological polar surface area (TPSA) is 26.0 Å². The highest BCUT2D eigenvalue weighted by atomic mass is 14.6. The van der Waals surface area contributed by atoms with Crippen molar-refractivity contribution in [3.8, 4) is 0 Å². The maximum atomic E-state index is 5.52. The van der Waals surface area contributed by atoms with Gasteiger partial charge >= 0.3 is 0 Å². The molecule has 0 fully saturated rings. The highest BCUT2D eigenvalue weighted by Crippen LogP contribution is 1.96. The molecule has 0 saturated carbocycles. The second kappa shape index (κ2) is 5.24. The van der Waals surface area contributed by atoms with Gasteiger partial charge in [0.25, 0.3) is 0 Å². The summed E-state index contributed by atoms with van der Waals surface area (Å²) >= 11 is 0. The zero-order valence-corrected chi connectivity index (χ0v) is 7.09. The quantitative estimate of drug-likeness (QED) is 0.596. The van der Waals surface area contributed by atoms with E-state index in [1.807, 2.05) is 13.0 Å². The summed E-state index contributed by atoms with van der Waals surface area (Å²) in [5, 5.41) is 0. The highest BCUT2D eigenvalue weighted by Gasteiger charge is 1.83. The minimum absolute atomic E-state index is 0.167. The summed E-state index contributed by atoms with van der Waals surface area (Å²) in [4.78, 5) is 0. The first-order valence-corrected chi connectivity index (χ1v) is 3.77. The van der Waals surface area contributed by atoms with Gasteiger partial charge in [-0.3, -0.25) is 0 Å². The van der Waals surface area contributed by atoms with Crippen molar-refractivity contribution in [3.63, 3.8) is 0 Å². The van der Waals surface area contributed by atoms with E-state index in [2.05, 4.69) is 26.0 Å². The number of rotatable bonds is 3. The zero-order chi connectivity index (χ0) is 7.98. The van der Waals surface area contributed by atoms with Gasteiger partial charge in [0.1, 0.15) is 0 Å². The molecular formula is C9H17N. The standard InChI is InChI=1S/C9H17N/c1-4-5-8(2)6-7-9(3)10/h5-7,9H,4,10H2,1-3H3.